The molecular weight excluding hydrogens is 356 g/mol. The lowest BCUT2D eigenvalue weighted by molar-refractivity contribution is -0.121. The zero-order valence-electron chi connectivity index (χ0n) is 18.1. The van der Waals surface area contributed by atoms with Crippen LogP contribution < -0.4 is 0 Å². The second kappa shape index (κ2) is 8.89. The van der Waals surface area contributed by atoms with Crippen LogP contribution in [0.15, 0.2) is 0 Å². The van der Waals surface area contributed by atoms with Crippen LogP contribution in [0.25, 0.3) is 0 Å². The fourth-order valence-corrected chi connectivity index (χ4v) is 4.87. The smallest absolute Gasteiger partial charge is 0.338 e. The molecule has 1 aliphatic carbocycles. The van der Waals surface area contributed by atoms with Gasteiger partial charge >= 0.3 is 11.9 Å². The number of rotatable bonds is 6. The normalized spacial score (nSPS) is 17.7. The third kappa shape index (κ3) is 3.98. The second-order valence-corrected chi connectivity index (χ2v) is 8.22. The summed E-state index contributed by atoms with van der Waals surface area (Å²) in [6, 6.07) is 0. The fraction of sp³-hybridized carbons (Fsp3) is 0.609. The van der Waals surface area contributed by atoms with Gasteiger partial charge in [-0.15, -0.1) is 0 Å². The van der Waals surface area contributed by atoms with Gasteiger partial charge in [-0.2, -0.15) is 0 Å². The zero-order chi connectivity index (χ0) is 21.2. The summed E-state index contributed by atoms with van der Waals surface area (Å²) in [7, 11) is 2.68. The molecule has 0 radical (unpaired) electrons. The molecule has 0 aliphatic heterocycles. The van der Waals surface area contributed by atoms with Gasteiger partial charge in [0.05, 0.1) is 25.3 Å². The number of Topliss-reactive ketones (excluding diaryl/α,β-unsaturated/α-hetero) is 1. The van der Waals surface area contributed by atoms with E-state index in [1.165, 1.54) is 14.2 Å². The first kappa shape index (κ1) is 22.1. The molecule has 0 saturated heterocycles. The molecule has 2 atom stereocenters. The van der Waals surface area contributed by atoms with E-state index in [2.05, 4.69) is 13.8 Å². The Labute approximate surface area is 167 Å². The maximum absolute atomic E-state index is 12.6. The van der Waals surface area contributed by atoms with Crippen molar-refractivity contribution in [3.8, 4) is 0 Å². The summed E-state index contributed by atoms with van der Waals surface area (Å²) in [5.41, 5.74) is 3.92. The Morgan fingerprint density at radius 3 is 1.82 bits per heavy atom. The molecule has 0 N–H and O–H groups in total. The highest BCUT2D eigenvalue weighted by atomic mass is 16.5. The molecule has 0 heterocycles. The second-order valence-electron chi connectivity index (χ2n) is 8.22. The summed E-state index contributed by atoms with van der Waals surface area (Å²) in [5.74, 6) is -0.378. The Hall–Kier alpha value is -2.17. The topological polar surface area (TPSA) is 69.7 Å². The molecule has 0 unspecified atom stereocenters. The van der Waals surface area contributed by atoms with Crippen molar-refractivity contribution in [3.05, 3.63) is 33.4 Å². The molecule has 0 aromatic heterocycles. The number of carbonyl (C=O) groups is 3. The highest BCUT2D eigenvalue weighted by Crippen LogP contribution is 2.44. The van der Waals surface area contributed by atoms with Crippen LogP contribution in [-0.2, 0) is 14.3 Å². The van der Waals surface area contributed by atoms with Gasteiger partial charge in [-0.3, -0.25) is 4.79 Å². The highest BCUT2D eigenvalue weighted by molar-refractivity contribution is 6.01. The lowest BCUT2D eigenvalue weighted by Gasteiger charge is -2.30. The molecule has 154 valence electrons. The quantitative estimate of drug-likeness (QED) is 0.662. The Bertz CT molecular complexity index is 748. The van der Waals surface area contributed by atoms with Crippen LogP contribution in [-0.4, -0.2) is 31.9 Å². The van der Waals surface area contributed by atoms with E-state index in [4.69, 9.17) is 9.47 Å². The van der Waals surface area contributed by atoms with E-state index in [9.17, 15) is 14.4 Å². The van der Waals surface area contributed by atoms with Crippen LogP contribution in [0.2, 0.25) is 0 Å². The van der Waals surface area contributed by atoms with Crippen LogP contribution in [0.3, 0.4) is 0 Å². The fourth-order valence-electron chi connectivity index (χ4n) is 4.87. The highest BCUT2D eigenvalue weighted by Gasteiger charge is 2.37. The molecule has 0 amide bonds. The van der Waals surface area contributed by atoms with E-state index < -0.39 is 11.9 Å². The zero-order valence-corrected chi connectivity index (χ0v) is 18.1. The maximum atomic E-state index is 12.6. The van der Waals surface area contributed by atoms with Crippen molar-refractivity contribution < 1.29 is 23.9 Å². The monoisotopic (exact) mass is 388 g/mol. The molecule has 5 nitrogen and oxygen atoms in total. The number of ketones is 1. The predicted molar refractivity (Wildman–Crippen MR) is 108 cm³/mol. The van der Waals surface area contributed by atoms with Gasteiger partial charge in [-0.1, -0.05) is 13.8 Å². The Balaban J connectivity index is 2.83. The summed E-state index contributed by atoms with van der Waals surface area (Å²) in [5, 5.41) is 0. The van der Waals surface area contributed by atoms with E-state index in [1.807, 2.05) is 13.8 Å². The van der Waals surface area contributed by atoms with Gasteiger partial charge in [0.2, 0.25) is 0 Å². The summed E-state index contributed by atoms with van der Waals surface area (Å²) in [4.78, 5) is 37.8. The molecule has 28 heavy (non-hydrogen) atoms. The van der Waals surface area contributed by atoms with Crippen LogP contribution in [0.4, 0.5) is 0 Å². The SMILES string of the molecule is COC(=O)c1c(C)c(C(=O)OC)c(C)c([C@H](CC(C)C)[C@H]2CCCC2=O)c1C. The van der Waals surface area contributed by atoms with Crippen molar-refractivity contribution in [1.29, 1.82) is 0 Å². The van der Waals surface area contributed by atoms with Crippen LogP contribution in [0.5, 0.6) is 0 Å². The third-order valence-electron chi connectivity index (χ3n) is 6.02. The summed E-state index contributed by atoms with van der Waals surface area (Å²) in [6.07, 6.45) is 3.18. The number of ether oxygens (including phenoxy) is 2. The molecule has 1 aromatic rings. The van der Waals surface area contributed by atoms with Gasteiger partial charge in [0.15, 0.2) is 0 Å². The number of hydrogen-bond donors (Lipinski definition) is 0. The number of carbonyl (C=O) groups excluding carboxylic acids is 3. The largest absolute Gasteiger partial charge is 0.465 e. The molecule has 0 spiro atoms. The summed E-state index contributed by atoms with van der Waals surface area (Å²) in [6.45, 7) is 9.81. The van der Waals surface area contributed by atoms with Crippen LogP contribution in [0, 0.1) is 32.6 Å². The third-order valence-corrected chi connectivity index (χ3v) is 6.02. The van der Waals surface area contributed by atoms with Gasteiger partial charge in [0.25, 0.3) is 0 Å². The minimum atomic E-state index is -0.470. The van der Waals surface area contributed by atoms with Crippen molar-refractivity contribution in [1.82, 2.24) is 0 Å². The van der Waals surface area contributed by atoms with Gasteiger partial charge < -0.3 is 9.47 Å². The van der Waals surface area contributed by atoms with Gasteiger partial charge in [0.1, 0.15) is 5.78 Å². The summed E-state index contributed by atoms with van der Waals surface area (Å²) >= 11 is 0. The number of methoxy groups -OCH3 is 2. The first-order valence-electron chi connectivity index (χ1n) is 9.98. The number of hydrogen-bond acceptors (Lipinski definition) is 5. The molecule has 1 fully saturated rings. The van der Waals surface area contributed by atoms with Crippen LogP contribution in [0.1, 0.15) is 88.4 Å². The summed E-state index contributed by atoms with van der Waals surface area (Å²) < 4.78 is 10.0. The molecule has 1 aromatic carbocycles. The van der Waals surface area contributed by atoms with E-state index in [0.717, 1.165) is 36.0 Å². The van der Waals surface area contributed by atoms with Gasteiger partial charge in [-0.25, -0.2) is 9.59 Å². The minimum absolute atomic E-state index is 0.0255. The van der Waals surface area contributed by atoms with Gasteiger partial charge in [0, 0.05) is 12.3 Å². The predicted octanol–water partition coefficient (Wildman–Crippen LogP) is 4.68. The van der Waals surface area contributed by atoms with Crippen molar-refractivity contribution in [3.63, 3.8) is 0 Å². The van der Waals surface area contributed by atoms with Crippen molar-refractivity contribution >= 4 is 17.7 Å². The van der Waals surface area contributed by atoms with E-state index in [0.29, 0.717) is 29.0 Å². The molecule has 1 saturated carbocycles. The van der Waals surface area contributed by atoms with Crippen molar-refractivity contribution in [2.45, 2.75) is 66.2 Å². The van der Waals surface area contributed by atoms with Crippen molar-refractivity contribution in [2.24, 2.45) is 11.8 Å². The Kier molecular flexibility index (Phi) is 7.02. The molecule has 5 heteroatoms. The first-order chi connectivity index (χ1) is 13.1. The average Bonchev–Trinajstić information content (AvgIpc) is 3.05. The van der Waals surface area contributed by atoms with E-state index in [1.54, 1.807) is 6.92 Å². The molecule has 1 aliphatic rings. The minimum Gasteiger partial charge on any atom is -0.465 e. The maximum Gasteiger partial charge on any atom is 0.338 e. The Morgan fingerprint density at radius 1 is 0.964 bits per heavy atom. The number of esters is 2. The molecule has 0 bridgehead atoms. The van der Waals surface area contributed by atoms with Crippen LogP contribution >= 0.6 is 0 Å². The van der Waals surface area contributed by atoms with Crippen molar-refractivity contribution in [2.75, 3.05) is 14.2 Å². The molecular formula is C23H32O5. The number of benzene rings is 1. The Morgan fingerprint density at radius 2 is 1.46 bits per heavy atom. The lowest BCUT2D eigenvalue weighted by atomic mass is 9.73. The molecule has 2 rings (SSSR count). The van der Waals surface area contributed by atoms with E-state index >= 15 is 0 Å². The van der Waals surface area contributed by atoms with Gasteiger partial charge in [-0.05, 0) is 74.1 Å². The average molecular weight is 389 g/mol. The lowest BCUT2D eigenvalue weighted by Crippen LogP contribution is -2.24. The first-order valence-corrected chi connectivity index (χ1v) is 9.98. The van der Waals surface area contributed by atoms with E-state index in [-0.39, 0.29) is 17.6 Å². The standard InChI is InChI=1S/C23H32O5/c1-12(2)11-17(16-9-8-10-18(16)24)19-13(3)20(22(25)27-6)15(5)21(14(19)4)23(26)28-7/h12,16-17H,8-11H2,1-7H3/t16-,17-/m1/s1.